The van der Waals surface area contributed by atoms with Gasteiger partial charge in [-0.25, -0.2) is 14.4 Å². The van der Waals surface area contributed by atoms with Gasteiger partial charge in [0.05, 0.1) is 6.61 Å². The lowest BCUT2D eigenvalue weighted by atomic mass is 9.78. The van der Waals surface area contributed by atoms with Crippen molar-refractivity contribution < 1.29 is 29.0 Å². The highest BCUT2D eigenvalue weighted by molar-refractivity contribution is 6.06. The number of nitrogens with one attached hydrogen (secondary N) is 1. The molecule has 0 aromatic carbocycles. The lowest BCUT2D eigenvalue weighted by molar-refractivity contribution is -0.163. The van der Waals surface area contributed by atoms with Crippen LogP contribution in [0.15, 0.2) is 0 Å². The zero-order valence-electron chi connectivity index (χ0n) is 14.3. The monoisotopic (exact) mass is 329 g/mol. The minimum absolute atomic E-state index is 0.00885. The predicted octanol–water partition coefficient (Wildman–Crippen LogP) is 2.48. The number of alkyl carbamates (subject to hydrolysis) is 1. The molecular weight excluding hydrogens is 302 g/mol. The molecule has 1 aliphatic carbocycles. The van der Waals surface area contributed by atoms with Crippen LogP contribution in [0.4, 0.5) is 4.79 Å². The lowest BCUT2D eigenvalue weighted by Crippen LogP contribution is -2.61. The molecule has 2 N–H and O–H groups in total. The van der Waals surface area contributed by atoms with Crippen LogP contribution in [0.3, 0.4) is 0 Å². The summed E-state index contributed by atoms with van der Waals surface area (Å²) in [5, 5.41) is 11.8. The summed E-state index contributed by atoms with van der Waals surface area (Å²) in [7, 11) is 0. The number of ether oxygens (including phenoxy) is 2. The van der Waals surface area contributed by atoms with Crippen LogP contribution in [0.2, 0.25) is 0 Å². The molecule has 0 saturated heterocycles. The Labute approximate surface area is 136 Å². The Hall–Kier alpha value is -1.79. The summed E-state index contributed by atoms with van der Waals surface area (Å²) in [6, 6.07) is 0. The molecule has 0 heterocycles. The largest absolute Gasteiger partial charge is 0.479 e. The van der Waals surface area contributed by atoms with Gasteiger partial charge in [0.1, 0.15) is 5.60 Å². The van der Waals surface area contributed by atoms with Gasteiger partial charge in [0.25, 0.3) is 0 Å². The van der Waals surface area contributed by atoms with Gasteiger partial charge in [-0.1, -0.05) is 19.3 Å². The van der Waals surface area contributed by atoms with E-state index in [2.05, 4.69) is 5.32 Å². The quantitative estimate of drug-likeness (QED) is 0.549. The normalized spacial score (nSPS) is 17.6. The summed E-state index contributed by atoms with van der Waals surface area (Å²) in [5.74, 6) is -2.00. The molecule has 1 amide bonds. The maximum atomic E-state index is 12.3. The Kier molecular flexibility index (Phi) is 6.41. The zero-order chi connectivity index (χ0) is 17.7. The SMILES string of the molecule is CCOC(=O)C(CCC1CCC1)(NC(=O)OC(C)(C)C)C(=O)O. The molecule has 23 heavy (non-hydrogen) atoms. The second kappa shape index (κ2) is 7.66. The Bertz CT molecular complexity index is 452. The van der Waals surface area contributed by atoms with E-state index in [1.165, 1.54) is 0 Å². The van der Waals surface area contributed by atoms with Gasteiger partial charge in [-0.05, 0) is 46.5 Å². The van der Waals surface area contributed by atoms with Crippen LogP contribution in [0.5, 0.6) is 0 Å². The molecule has 1 unspecified atom stereocenters. The first kappa shape index (κ1) is 19.3. The van der Waals surface area contributed by atoms with Crippen molar-refractivity contribution in [1.29, 1.82) is 0 Å². The molecule has 7 nitrogen and oxygen atoms in total. The van der Waals surface area contributed by atoms with E-state index in [0.29, 0.717) is 12.3 Å². The number of rotatable bonds is 7. The zero-order valence-corrected chi connectivity index (χ0v) is 14.3. The van der Waals surface area contributed by atoms with Gasteiger partial charge < -0.3 is 14.6 Å². The van der Waals surface area contributed by atoms with E-state index in [4.69, 9.17) is 9.47 Å². The van der Waals surface area contributed by atoms with Gasteiger partial charge in [0.2, 0.25) is 5.54 Å². The second-order valence-electron chi connectivity index (χ2n) is 6.89. The summed E-state index contributed by atoms with van der Waals surface area (Å²) >= 11 is 0. The molecular formula is C16H27NO6. The van der Waals surface area contributed by atoms with Gasteiger partial charge in [-0.2, -0.15) is 0 Å². The predicted molar refractivity (Wildman–Crippen MR) is 82.9 cm³/mol. The average molecular weight is 329 g/mol. The van der Waals surface area contributed by atoms with Crippen molar-refractivity contribution in [3.8, 4) is 0 Å². The molecule has 1 rings (SSSR count). The molecule has 0 aromatic rings. The summed E-state index contributed by atoms with van der Waals surface area (Å²) in [5.41, 5.74) is -2.90. The average Bonchev–Trinajstić information content (AvgIpc) is 2.33. The van der Waals surface area contributed by atoms with Gasteiger partial charge in [0, 0.05) is 0 Å². The number of carbonyl (C=O) groups is 3. The van der Waals surface area contributed by atoms with Crippen LogP contribution < -0.4 is 5.32 Å². The highest BCUT2D eigenvalue weighted by Gasteiger charge is 2.50. The van der Waals surface area contributed by atoms with Crippen molar-refractivity contribution in [2.45, 2.75) is 70.9 Å². The molecule has 0 radical (unpaired) electrons. The van der Waals surface area contributed by atoms with Crippen LogP contribution in [0.1, 0.15) is 59.8 Å². The summed E-state index contributed by atoms with van der Waals surface area (Å²) < 4.78 is 9.99. The van der Waals surface area contributed by atoms with E-state index in [9.17, 15) is 19.5 Å². The maximum Gasteiger partial charge on any atom is 0.409 e. The van der Waals surface area contributed by atoms with Gasteiger partial charge >= 0.3 is 18.0 Å². The number of hydrogen-bond donors (Lipinski definition) is 2. The highest BCUT2D eigenvalue weighted by atomic mass is 16.6. The fourth-order valence-electron chi connectivity index (χ4n) is 2.40. The number of carbonyl (C=O) groups excluding carboxylic acids is 2. The van der Waals surface area contributed by atoms with E-state index < -0.39 is 29.2 Å². The molecule has 132 valence electrons. The van der Waals surface area contributed by atoms with Crippen LogP contribution in [-0.4, -0.2) is 40.9 Å². The molecule has 0 aromatic heterocycles. The van der Waals surface area contributed by atoms with E-state index >= 15 is 0 Å². The first-order valence-electron chi connectivity index (χ1n) is 8.02. The van der Waals surface area contributed by atoms with Gasteiger partial charge in [-0.15, -0.1) is 0 Å². The highest BCUT2D eigenvalue weighted by Crippen LogP contribution is 2.33. The molecule has 0 bridgehead atoms. The van der Waals surface area contributed by atoms with Crippen LogP contribution >= 0.6 is 0 Å². The Balaban J connectivity index is 2.92. The van der Waals surface area contributed by atoms with E-state index in [0.717, 1.165) is 19.3 Å². The second-order valence-corrected chi connectivity index (χ2v) is 6.89. The van der Waals surface area contributed by atoms with Crippen LogP contribution in [0.25, 0.3) is 0 Å². The van der Waals surface area contributed by atoms with Crippen molar-refractivity contribution >= 4 is 18.0 Å². The molecule has 1 saturated carbocycles. The molecule has 1 fully saturated rings. The third kappa shape index (κ3) is 5.41. The Morgan fingerprint density at radius 2 is 1.83 bits per heavy atom. The molecule has 1 aliphatic rings. The number of amides is 1. The van der Waals surface area contributed by atoms with Crippen molar-refractivity contribution in [2.24, 2.45) is 5.92 Å². The van der Waals surface area contributed by atoms with Crippen molar-refractivity contribution in [3.63, 3.8) is 0 Å². The number of aliphatic carboxylic acids is 1. The van der Waals surface area contributed by atoms with E-state index in [1.807, 2.05) is 0 Å². The van der Waals surface area contributed by atoms with Gasteiger partial charge in [0.15, 0.2) is 0 Å². The lowest BCUT2D eigenvalue weighted by Gasteiger charge is -2.32. The minimum atomic E-state index is -2.10. The number of hydrogen-bond acceptors (Lipinski definition) is 5. The summed E-state index contributed by atoms with van der Waals surface area (Å²) in [6.07, 6.45) is 2.74. The Morgan fingerprint density at radius 3 is 2.22 bits per heavy atom. The molecule has 0 spiro atoms. The standard InChI is InChI=1S/C16H27NO6/c1-5-22-13(20)16(12(18)19,10-9-11-7-6-8-11)17-14(21)23-15(2,3)4/h11H,5-10H2,1-4H3,(H,17,21)(H,18,19). The molecule has 0 aliphatic heterocycles. The third-order valence-corrected chi connectivity index (χ3v) is 3.86. The first-order chi connectivity index (χ1) is 10.6. The number of esters is 1. The van der Waals surface area contributed by atoms with Crippen molar-refractivity contribution in [2.75, 3.05) is 6.61 Å². The van der Waals surface area contributed by atoms with E-state index in [-0.39, 0.29) is 13.0 Å². The van der Waals surface area contributed by atoms with E-state index in [1.54, 1.807) is 27.7 Å². The Morgan fingerprint density at radius 1 is 1.22 bits per heavy atom. The van der Waals surface area contributed by atoms with Crippen LogP contribution in [-0.2, 0) is 19.1 Å². The van der Waals surface area contributed by atoms with Crippen molar-refractivity contribution in [3.05, 3.63) is 0 Å². The third-order valence-electron chi connectivity index (χ3n) is 3.86. The summed E-state index contributed by atoms with van der Waals surface area (Å²) in [6.45, 7) is 6.60. The minimum Gasteiger partial charge on any atom is -0.479 e. The first-order valence-corrected chi connectivity index (χ1v) is 8.02. The van der Waals surface area contributed by atoms with Gasteiger partial charge in [-0.3, -0.25) is 5.32 Å². The van der Waals surface area contributed by atoms with Crippen molar-refractivity contribution in [1.82, 2.24) is 5.32 Å². The smallest absolute Gasteiger partial charge is 0.409 e. The summed E-state index contributed by atoms with van der Waals surface area (Å²) in [4.78, 5) is 36.1. The van der Waals surface area contributed by atoms with Crippen LogP contribution in [0, 0.1) is 5.92 Å². The fraction of sp³-hybridized carbons (Fsp3) is 0.812. The topological polar surface area (TPSA) is 102 Å². The maximum absolute atomic E-state index is 12.3. The molecule has 7 heteroatoms. The number of carboxylic acid groups (broad SMARTS) is 1. The molecule has 1 atom stereocenters. The fourth-order valence-corrected chi connectivity index (χ4v) is 2.40. The number of carboxylic acids is 1.